The third-order valence-corrected chi connectivity index (χ3v) is 7.09. The SMILES string of the molecule is CCCN1C[C@@H]2CC[C@H]1CN(S(=O)(=O)c1cccc(C(=O)NC)c1)C2. The van der Waals surface area contributed by atoms with Crippen LogP contribution >= 0.6 is 0 Å². The maximum atomic E-state index is 13.2. The number of hydrogen-bond acceptors (Lipinski definition) is 4. The molecule has 0 aromatic heterocycles. The first-order valence-corrected chi connectivity index (χ1v) is 10.5. The molecule has 0 unspecified atom stereocenters. The molecular weight excluding hydrogens is 338 g/mol. The number of piperidine rings is 1. The molecule has 0 saturated carbocycles. The molecule has 3 aliphatic heterocycles. The van der Waals surface area contributed by atoms with Crippen molar-refractivity contribution in [3.8, 4) is 0 Å². The smallest absolute Gasteiger partial charge is 0.251 e. The molecular formula is C18H27N3O3S. The van der Waals surface area contributed by atoms with E-state index in [0.717, 1.165) is 32.4 Å². The van der Waals surface area contributed by atoms with Crippen LogP contribution in [0.4, 0.5) is 0 Å². The molecule has 1 N–H and O–H groups in total. The van der Waals surface area contributed by atoms with Gasteiger partial charge in [0.15, 0.2) is 0 Å². The monoisotopic (exact) mass is 365 g/mol. The number of amides is 1. The number of carbonyl (C=O) groups excluding carboxylic acids is 1. The van der Waals surface area contributed by atoms with Crippen LogP contribution in [0.1, 0.15) is 36.5 Å². The van der Waals surface area contributed by atoms with Gasteiger partial charge in [0.2, 0.25) is 10.0 Å². The fourth-order valence-electron chi connectivity index (χ4n) is 3.98. The molecule has 1 amide bonds. The van der Waals surface area contributed by atoms with Crippen LogP contribution in [0.5, 0.6) is 0 Å². The van der Waals surface area contributed by atoms with Gasteiger partial charge in [-0.25, -0.2) is 8.42 Å². The molecule has 0 aliphatic carbocycles. The molecule has 4 rings (SSSR count). The molecule has 1 aromatic carbocycles. The minimum atomic E-state index is -3.59. The van der Waals surface area contributed by atoms with Gasteiger partial charge in [0.25, 0.3) is 5.91 Å². The zero-order valence-electron chi connectivity index (χ0n) is 14.9. The molecule has 6 nitrogen and oxygen atoms in total. The van der Waals surface area contributed by atoms with Crippen molar-refractivity contribution in [2.75, 3.05) is 33.2 Å². The predicted octanol–water partition coefficient (Wildman–Crippen LogP) is 1.54. The summed E-state index contributed by atoms with van der Waals surface area (Å²) in [5.74, 6) is 0.115. The fourth-order valence-corrected chi connectivity index (χ4v) is 5.58. The molecule has 138 valence electrons. The van der Waals surface area contributed by atoms with E-state index in [0.29, 0.717) is 30.6 Å². The zero-order valence-corrected chi connectivity index (χ0v) is 15.8. The molecule has 3 fully saturated rings. The number of benzene rings is 1. The van der Waals surface area contributed by atoms with E-state index in [1.807, 2.05) is 0 Å². The van der Waals surface area contributed by atoms with Crippen molar-refractivity contribution in [3.63, 3.8) is 0 Å². The summed E-state index contributed by atoms with van der Waals surface area (Å²) in [4.78, 5) is 14.5. The maximum absolute atomic E-state index is 13.2. The Hall–Kier alpha value is -1.44. The van der Waals surface area contributed by atoms with Crippen molar-refractivity contribution in [2.45, 2.75) is 37.1 Å². The number of hydrogen-bond donors (Lipinski definition) is 1. The van der Waals surface area contributed by atoms with E-state index >= 15 is 0 Å². The minimum Gasteiger partial charge on any atom is -0.355 e. The Morgan fingerprint density at radius 3 is 2.76 bits per heavy atom. The van der Waals surface area contributed by atoms with E-state index in [9.17, 15) is 13.2 Å². The first-order chi connectivity index (χ1) is 12.0. The van der Waals surface area contributed by atoms with Crippen LogP contribution < -0.4 is 5.32 Å². The predicted molar refractivity (Wildman–Crippen MR) is 97.0 cm³/mol. The molecule has 2 atom stereocenters. The van der Waals surface area contributed by atoms with Gasteiger partial charge in [-0.2, -0.15) is 4.31 Å². The van der Waals surface area contributed by atoms with Gasteiger partial charge >= 0.3 is 0 Å². The van der Waals surface area contributed by atoms with E-state index in [1.165, 1.54) is 13.1 Å². The van der Waals surface area contributed by atoms with Gasteiger partial charge in [0.1, 0.15) is 0 Å². The second-order valence-electron chi connectivity index (χ2n) is 7.02. The standard InChI is InChI=1S/C18H27N3O3S/c1-3-9-20-11-14-7-8-16(20)13-21(12-14)25(23,24)17-6-4-5-15(10-17)18(22)19-2/h4-6,10,14,16H,3,7-9,11-13H2,1-2H3,(H,19,22)/t14-,16-/m0/s1. The summed E-state index contributed by atoms with van der Waals surface area (Å²) in [6, 6.07) is 6.62. The van der Waals surface area contributed by atoms with Gasteiger partial charge in [-0.05, 0) is 49.9 Å². The average Bonchev–Trinajstić information content (AvgIpc) is 2.94. The van der Waals surface area contributed by atoms with Crippen molar-refractivity contribution in [2.24, 2.45) is 5.92 Å². The van der Waals surface area contributed by atoms with Gasteiger partial charge in [-0.1, -0.05) is 13.0 Å². The summed E-state index contributed by atoms with van der Waals surface area (Å²) in [5.41, 5.74) is 0.369. The average molecular weight is 365 g/mol. The first kappa shape index (κ1) is 18.4. The number of nitrogens with zero attached hydrogens (tertiary/aromatic N) is 2. The van der Waals surface area contributed by atoms with Gasteiger partial charge in [0, 0.05) is 38.3 Å². The van der Waals surface area contributed by atoms with Gasteiger partial charge in [-0.3, -0.25) is 9.69 Å². The van der Waals surface area contributed by atoms with Crippen LogP contribution in [-0.4, -0.2) is 62.8 Å². The van der Waals surface area contributed by atoms with Gasteiger partial charge < -0.3 is 5.32 Å². The fraction of sp³-hybridized carbons (Fsp3) is 0.611. The summed E-state index contributed by atoms with van der Waals surface area (Å²) >= 11 is 0. The van der Waals surface area contributed by atoms with Crippen LogP contribution in [0.25, 0.3) is 0 Å². The molecule has 25 heavy (non-hydrogen) atoms. The Morgan fingerprint density at radius 2 is 2.04 bits per heavy atom. The lowest BCUT2D eigenvalue weighted by atomic mass is 9.95. The van der Waals surface area contributed by atoms with E-state index in [1.54, 1.807) is 22.5 Å². The minimum absolute atomic E-state index is 0.206. The molecule has 0 spiro atoms. The van der Waals surface area contributed by atoms with Gasteiger partial charge in [-0.15, -0.1) is 0 Å². The second-order valence-corrected chi connectivity index (χ2v) is 8.96. The highest BCUT2D eigenvalue weighted by Gasteiger charge is 2.39. The maximum Gasteiger partial charge on any atom is 0.251 e. The molecule has 7 heteroatoms. The topological polar surface area (TPSA) is 69.7 Å². The van der Waals surface area contributed by atoms with Gasteiger partial charge in [0.05, 0.1) is 4.90 Å². The number of carbonyl (C=O) groups is 1. The Bertz CT molecular complexity index is 735. The zero-order chi connectivity index (χ0) is 18.0. The lowest BCUT2D eigenvalue weighted by Gasteiger charge is -2.35. The number of fused-ring (bicyclic) bond motifs is 4. The van der Waals surface area contributed by atoms with Crippen LogP contribution in [0, 0.1) is 5.92 Å². The number of sulfonamides is 1. The van der Waals surface area contributed by atoms with Crippen LogP contribution in [0.3, 0.4) is 0 Å². The molecule has 2 bridgehead atoms. The number of rotatable bonds is 5. The lowest BCUT2D eigenvalue weighted by Crippen LogP contribution is -2.44. The third kappa shape index (κ3) is 3.73. The van der Waals surface area contributed by atoms with E-state index in [-0.39, 0.29) is 10.8 Å². The summed E-state index contributed by atoms with van der Waals surface area (Å²) in [5, 5.41) is 2.54. The van der Waals surface area contributed by atoms with Crippen LogP contribution in [-0.2, 0) is 10.0 Å². The molecule has 0 radical (unpaired) electrons. The summed E-state index contributed by atoms with van der Waals surface area (Å²) in [6.07, 6.45) is 3.24. The molecule has 3 aliphatic rings. The normalized spacial score (nSPS) is 24.9. The summed E-state index contributed by atoms with van der Waals surface area (Å²) in [6.45, 7) is 5.30. The summed E-state index contributed by atoms with van der Waals surface area (Å²) in [7, 11) is -2.05. The lowest BCUT2D eigenvalue weighted by molar-refractivity contribution is 0.0963. The van der Waals surface area contributed by atoms with Crippen LogP contribution in [0.15, 0.2) is 29.2 Å². The quantitative estimate of drug-likeness (QED) is 0.859. The van der Waals surface area contributed by atoms with Crippen molar-refractivity contribution >= 4 is 15.9 Å². The molecule has 3 heterocycles. The highest BCUT2D eigenvalue weighted by molar-refractivity contribution is 7.89. The van der Waals surface area contributed by atoms with Crippen molar-refractivity contribution in [3.05, 3.63) is 29.8 Å². The highest BCUT2D eigenvalue weighted by atomic mass is 32.2. The Morgan fingerprint density at radius 1 is 1.24 bits per heavy atom. The Balaban J connectivity index is 1.87. The van der Waals surface area contributed by atoms with Crippen molar-refractivity contribution in [1.29, 1.82) is 0 Å². The van der Waals surface area contributed by atoms with Crippen LogP contribution in [0.2, 0.25) is 0 Å². The molecule has 1 aromatic rings. The van der Waals surface area contributed by atoms with E-state index in [4.69, 9.17) is 0 Å². The third-order valence-electron chi connectivity index (χ3n) is 5.27. The Kier molecular flexibility index (Phi) is 5.46. The first-order valence-electron chi connectivity index (χ1n) is 9.02. The molecule has 3 saturated heterocycles. The van der Waals surface area contributed by atoms with Crippen molar-refractivity contribution in [1.82, 2.24) is 14.5 Å². The van der Waals surface area contributed by atoms with Crippen molar-refractivity contribution < 1.29 is 13.2 Å². The largest absolute Gasteiger partial charge is 0.355 e. The Labute approximate surface area is 150 Å². The highest BCUT2D eigenvalue weighted by Crippen LogP contribution is 2.31. The number of nitrogens with one attached hydrogen (secondary N) is 1. The van der Waals surface area contributed by atoms with E-state index < -0.39 is 10.0 Å². The summed E-state index contributed by atoms with van der Waals surface area (Å²) < 4.78 is 28.0. The van der Waals surface area contributed by atoms with E-state index in [2.05, 4.69) is 17.1 Å². The second kappa shape index (κ2) is 7.43.